The molecule has 1 N–H and O–H groups in total. The van der Waals surface area contributed by atoms with Gasteiger partial charge < -0.3 is 10.1 Å². The first-order chi connectivity index (χ1) is 18.1. The van der Waals surface area contributed by atoms with Gasteiger partial charge in [-0.25, -0.2) is 15.0 Å². The van der Waals surface area contributed by atoms with Gasteiger partial charge in [0.05, 0.1) is 17.9 Å². The van der Waals surface area contributed by atoms with Crippen molar-refractivity contribution in [1.82, 2.24) is 15.0 Å². The summed E-state index contributed by atoms with van der Waals surface area (Å²) in [4.78, 5) is 40.2. The van der Waals surface area contributed by atoms with Gasteiger partial charge in [-0.1, -0.05) is 83.5 Å². The van der Waals surface area contributed by atoms with Crippen molar-refractivity contribution < 1.29 is 14.3 Å². The third-order valence-corrected chi connectivity index (χ3v) is 7.93. The van der Waals surface area contributed by atoms with E-state index in [0.29, 0.717) is 23.7 Å². The van der Waals surface area contributed by atoms with Crippen molar-refractivity contribution in [3.8, 4) is 17.1 Å². The number of carbonyl (C=O) groups excluding carboxylic acids is 2. The van der Waals surface area contributed by atoms with Crippen LogP contribution in [0.2, 0.25) is 0 Å². The Labute approximate surface area is 254 Å². The van der Waals surface area contributed by atoms with Gasteiger partial charge in [-0.05, 0) is 48.7 Å². The molecule has 1 fully saturated rings. The van der Waals surface area contributed by atoms with Crippen molar-refractivity contribution in [2.24, 2.45) is 17.3 Å². The molecule has 2 atom stereocenters. The minimum atomic E-state index is -2.08. The minimum Gasteiger partial charge on any atom is -0.494 e. The summed E-state index contributed by atoms with van der Waals surface area (Å²) in [6.07, 6.45) is 0. The van der Waals surface area contributed by atoms with Gasteiger partial charge in [-0.15, -0.1) is 0 Å². The second-order valence-electron chi connectivity index (χ2n) is 9.80. The number of anilines is 2. The molecule has 0 aliphatic heterocycles. The van der Waals surface area contributed by atoms with Gasteiger partial charge in [0.1, 0.15) is 5.75 Å². The predicted molar refractivity (Wildman–Crippen MR) is 154 cm³/mol. The lowest BCUT2D eigenvalue weighted by Crippen LogP contribution is -2.24. The molecular weight excluding hydrogens is 629 g/mol. The Morgan fingerprint density at radius 2 is 1.36 bits per heavy atom. The predicted octanol–water partition coefficient (Wildman–Crippen LogP) is 7.99. The van der Waals surface area contributed by atoms with Crippen molar-refractivity contribution in [2.75, 3.05) is 11.9 Å². The molecule has 0 amide bonds. The van der Waals surface area contributed by atoms with E-state index in [2.05, 4.69) is 20.3 Å². The molecule has 2 aromatic carbocycles. The molecule has 0 radical (unpaired) electrons. The van der Waals surface area contributed by atoms with E-state index >= 15 is 0 Å². The first kappa shape index (κ1) is 28.7. The number of benzene rings is 2. The number of aromatic nitrogens is 3. The first-order valence-corrected chi connectivity index (χ1v) is 14.1. The number of carbonyl (C=O) groups is 2. The van der Waals surface area contributed by atoms with Crippen molar-refractivity contribution in [3.63, 3.8) is 0 Å². The molecule has 2 aliphatic rings. The van der Waals surface area contributed by atoms with Crippen molar-refractivity contribution in [1.29, 1.82) is 0 Å². The largest absolute Gasteiger partial charge is 0.494 e. The van der Waals surface area contributed by atoms with Crippen LogP contribution in [0.3, 0.4) is 0 Å². The molecule has 13 heteroatoms. The Hall–Kier alpha value is -1.87. The highest BCUT2D eigenvalue weighted by atomic mass is 35.6. The zero-order valence-electron chi connectivity index (χ0n) is 20.7. The molecule has 204 valence electrons. The molecule has 0 spiro atoms. The number of alkyl halides is 6. The van der Waals surface area contributed by atoms with E-state index in [1.165, 1.54) is 0 Å². The summed E-state index contributed by atoms with van der Waals surface area (Å²) in [6.45, 7) is 6.23. The fraction of sp³-hybridized carbons (Fsp3) is 0.346. The summed E-state index contributed by atoms with van der Waals surface area (Å²) in [7, 11) is 0. The molecule has 1 saturated carbocycles. The van der Waals surface area contributed by atoms with Crippen molar-refractivity contribution in [3.05, 3.63) is 59.2 Å². The third kappa shape index (κ3) is 5.18. The van der Waals surface area contributed by atoms with Gasteiger partial charge in [0.15, 0.2) is 29.0 Å². The summed E-state index contributed by atoms with van der Waals surface area (Å²) >= 11 is 36.3. The van der Waals surface area contributed by atoms with E-state index in [1.54, 1.807) is 24.3 Å². The summed E-state index contributed by atoms with van der Waals surface area (Å²) in [5, 5.41) is 3.26. The summed E-state index contributed by atoms with van der Waals surface area (Å²) in [5.74, 6) is -1.28. The van der Waals surface area contributed by atoms with Gasteiger partial charge in [-0.2, -0.15) is 0 Å². The van der Waals surface area contributed by atoms with Crippen LogP contribution in [0, 0.1) is 17.3 Å². The highest BCUT2D eigenvalue weighted by Gasteiger charge is 2.68. The lowest BCUT2D eigenvalue weighted by molar-refractivity contribution is 0.0879. The van der Waals surface area contributed by atoms with Crippen LogP contribution in [-0.4, -0.2) is 33.1 Å². The molecule has 2 unspecified atom stereocenters. The molecule has 7 nitrogen and oxygen atoms in total. The third-order valence-electron chi connectivity index (χ3n) is 6.92. The topological polar surface area (TPSA) is 94.1 Å². The Bertz CT molecular complexity index is 1470. The molecule has 2 aliphatic carbocycles. The molecule has 0 bridgehead atoms. The minimum absolute atomic E-state index is 0.0745. The average Bonchev–Trinajstić information content (AvgIpc) is 3.44. The fourth-order valence-corrected chi connectivity index (χ4v) is 5.55. The van der Waals surface area contributed by atoms with Crippen LogP contribution < -0.4 is 10.1 Å². The Kier molecular flexibility index (Phi) is 7.27. The van der Waals surface area contributed by atoms with Crippen LogP contribution in [0.5, 0.6) is 5.75 Å². The van der Waals surface area contributed by atoms with E-state index < -0.39 is 24.8 Å². The zero-order chi connectivity index (χ0) is 28.5. The second kappa shape index (κ2) is 9.89. The average molecular weight is 649 g/mol. The lowest BCUT2D eigenvalue weighted by atomic mass is 9.84. The SMILES string of the molecule is CCOc1ccc(Nc2ccc(-c3nc(C(Cl)(Cl)Cl)nc(C(Cl)(Cl)Cl)n3)c3c2C(=O)C2C(C3=O)C2(C)C)cc1. The van der Waals surface area contributed by atoms with Gasteiger partial charge in [0, 0.05) is 28.7 Å². The quantitative estimate of drug-likeness (QED) is 0.280. The fourth-order valence-electron chi connectivity index (χ4n) is 5.04. The summed E-state index contributed by atoms with van der Waals surface area (Å²) < 4.78 is 1.34. The second-order valence-corrected chi connectivity index (χ2v) is 14.4. The van der Waals surface area contributed by atoms with E-state index in [1.807, 2.05) is 32.9 Å². The number of hydrogen-bond acceptors (Lipinski definition) is 7. The molecule has 0 saturated heterocycles. The van der Waals surface area contributed by atoms with Crippen LogP contribution in [0.25, 0.3) is 11.4 Å². The normalized spacial score (nSPS) is 19.8. The molecule has 1 aromatic heterocycles. The van der Waals surface area contributed by atoms with E-state index in [9.17, 15) is 9.59 Å². The number of rotatable bonds is 5. The number of ether oxygens (including phenoxy) is 1. The van der Waals surface area contributed by atoms with Crippen LogP contribution in [0.4, 0.5) is 11.4 Å². The number of fused-ring (bicyclic) bond motifs is 2. The van der Waals surface area contributed by atoms with Crippen LogP contribution >= 0.6 is 69.6 Å². The summed E-state index contributed by atoms with van der Waals surface area (Å²) in [5.41, 5.74) is 1.25. The maximum Gasteiger partial charge on any atom is 0.250 e. The van der Waals surface area contributed by atoms with Crippen molar-refractivity contribution in [2.45, 2.75) is 28.4 Å². The smallest absolute Gasteiger partial charge is 0.250 e. The summed E-state index contributed by atoms with van der Waals surface area (Å²) in [6, 6.07) is 10.5. The van der Waals surface area contributed by atoms with Crippen molar-refractivity contribution >= 4 is 92.5 Å². The highest BCUT2D eigenvalue weighted by molar-refractivity contribution is 6.67. The van der Waals surface area contributed by atoms with Crippen LogP contribution in [0.1, 0.15) is 53.1 Å². The maximum atomic E-state index is 13.9. The van der Waals surface area contributed by atoms with Crippen LogP contribution in [0.15, 0.2) is 36.4 Å². The highest BCUT2D eigenvalue weighted by Crippen LogP contribution is 2.64. The molecular formula is C26H20Cl6N4O3. The zero-order valence-corrected chi connectivity index (χ0v) is 25.2. The molecule has 1 heterocycles. The molecule has 39 heavy (non-hydrogen) atoms. The number of Topliss-reactive ketones (excluding diaryl/α,β-unsaturated/α-hetero) is 2. The van der Waals surface area contributed by atoms with Gasteiger partial charge in [0.25, 0.3) is 0 Å². The first-order valence-electron chi connectivity index (χ1n) is 11.8. The Morgan fingerprint density at radius 1 is 0.821 bits per heavy atom. The Balaban J connectivity index is 1.70. The molecule has 5 rings (SSSR count). The van der Waals surface area contributed by atoms with E-state index in [4.69, 9.17) is 74.3 Å². The van der Waals surface area contributed by atoms with Gasteiger partial charge in [-0.3, -0.25) is 9.59 Å². The monoisotopic (exact) mass is 646 g/mol. The Morgan fingerprint density at radius 3 is 1.87 bits per heavy atom. The number of halogens is 6. The standard InChI is InChI=1S/C26H20Cl6N4O3/c1-4-39-12-7-5-11(6-8-12)33-14-10-9-13(15-16(14)20(38)18-17(19(15)37)24(18,2)3)21-34-22(25(27,28)29)36-23(35-21)26(30,31)32/h5-10,17-18,33H,4H2,1-3H3. The maximum absolute atomic E-state index is 13.9. The van der Waals surface area contributed by atoms with Crippen LogP contribution in [-0.2, 0) is 7.59 Å². The van der Waals surface area contributed by atoms with E-state index in [-0.39, 0.29) is 45.7 Å². The number of nitrogens with one attached hydrogen (secondary N) is 1. The number of nitrogens with zero attached hydrogens (tertiary/aromatic N) is 3. The molecule has 3 aromatic rings. The lowest BCUT2D eigenvalue weighted by Gasteiger charge is -2.22. The number of hydrogen-bond donors (Lipinski definition) is 1. The van der Waals surface area contributed by atoms with Gasteiger partial charge in [0.2, 0.25) is 7.59 Å². The van der Waals surface area contributed by atoms with Gasteiger partial charge >= 0.3 is 0 Å². The number of ketones is 2. The van der Waals surface area contributed by atoms with E-state index in [0.717, 1.165) is 0 Å².